The van der Waals surface area contributed by atoms with Crippen LogP contribution in [-0.4, -0.2) is 22.8 Å². The quantitative estimate of drug-likeness (QED) is 0.861. The Morgan fingerprint density at radius 1 is 1.38 bits per heavy atom. The van der Waals surface area contributed by atoms with Crippen LogP contribution in [0.1, 0.15) is 61.5 Å². The monoisotopic (exact) mass is 373 g/mol. The lowest BCUT2D eigenvalue weighted by molar-refractivity contribution is -0.119. The van der Waals surface area contributed by atoms with Crippen LogP contribution in [0.25, 0.3) is 10.2 Å². The molecule has 0 aliphatic heterocycles. The fraction of sp³-hybridized carbons (Fsp3) is 0.550. The first kappa shape index (κ1) is 18.8. The first-order valence-electron chi connectivity index (χ1n) is 9.21. The van der Waals surface area contributed by atoms with Crippen LogP contribution in [0.2, 0.25) is 0 Å². The Morgan fingerprint density at radius 2 is 2.12 bits per heavy atom. The second-order valence-electron chi connectivity index (χ2n) is 8.24. The van der Waals surface area contributed by atoms with Crippen molar-refractivity contribution in [2.24, 2.45) is 17.1 Å². The summed E-state index contributed by atoms with van der Waals surface area (Å²) >= 11 is 1.37. The van der Waals surface area contributed by atoms with E-state index in [1.54, 1.807) is 0 Å². The third kappa shape index (κ3) is 3.75. The van der Waals surface area contributed by atoms with Crippen molar-refractivity contribution in [3.05, 3.63) is 28.3 Å². The molecule has 140 valence electrons. The van der Waals surface area contributed by atoms with E-state index in [-0.39, 0.29) is 11.3 Å². The largest absolute Gasteiger partial charge is 0.368 e. The Kier molecular flexibility index (Phi) is 5.06. The van der Waals surface area contributed by atoms with Crippen LogP contribution in [-0.2, 0) is 17.6 Å². The highest BCUT2D eigenvalue weighted by atomic mass is 32.1. The molecule has 2 aromatic rings. The number of thiophene rings is 1. The number of nitrogens with zero attached hydrogens (tertiary/aromatic N) is 1. The fourth-order valence-electron chi connectivity index (χ4n) is 3.58. The van der Waals surface area contributed by atoms with Gasteiger partial charge in [-0.2, -0.15) is 0 Å². The number of nitrogens with two attached hydrogens (primary N) is 1. The maximum atomic E-state index is 12.5. The van der Waals surface area contributed by atoms with Gasteiger partial charge in [-0.25, -0.2) is 4.98 Å². The van der Waals surface area contributed by atoms with Crippen LogP contribution in [0, 0.1) is 11.3 Å². The van der Waals surface area contributed by atoms with Crippen LogP contribution in [0.15, 0.2) is 12.1 Å². The standard InChI is InChI=1S/C20H27N3O2S/c1-5-14(17(21)24)22-18(25)16-10-12-8-11-9-13(20(2,3)4)6-7-15(11)23-19(12)26-16/h8,10,13-14H,5-7,9H2,1-4H3,(H2,21,24)(H,22,25)/t13?,14-/m0/s1. The third-order valence-corrected chi connectivity index (χ3v) is 6.42. The maximum Gasteiger partial charge on any atom is 0.262 e. The van der Waals surface area contributed by atoms with E-state index in [0.717, 1.165) is 35.2 Å². The van der Waals surface area contributed by atoms with Crippen LogP contribution in [0.5, 0.6) is 0 Å². The van der Waals surface area contributed by atoms with Crippen LogP contribution in [0.3, 0.4) is 0 Å². The molecular formula is C20H27N3O2S. The van der Waals surface area contributed by atoms with E-state index >= 15 is 0 Å². The number of amides is 2. The van der Waals surface area contributed by atoms with Crippen LogP contribution in [0.4, 0.5) is 0 Å². The molecule has 2 amide bonds. The molecule has 0 aromatic carbocycles. The molecule has 0 bridgehead atoms. The normalized spacial score (nSPS) is 18.4. The molecule has 3 N–H and O–H groups in total. The number of aryl methyl sites for hydroxylation is 1. The molecule has 2 aromatic heterocycles. The molecule has 26 heavy (non-hydrogen) atoms. The molecule has 3 rings (SSSR count). The van der Waals surface area contributed by atoms with Crippen LogP contribution >= 0.6 is 11.3 Å². The summed E-state index contributed by atoms with van der Waals surface area (Å²) in [5.41, 5.74) is 8.07. The highest BCUT2D eigenvalue weighted by Gasteiger charge is 2.29. The van der Waals surface area contributed by atoms with Crippen molar-refractivity contribution in [2.75, 3.05) is 0 Å². The Hall–Kier alpha value is -1.95. The Balaban J connectivity index is 1.86. The zero-order valence-electron chi connectivity index (χ0n) is 15.9. The van der Waals surface area contributed by atoms with Gasteiger partial charge in [-0.15, -0.1) is 11.3 Å². The summed E-state index contributed by atoms with van der Waals surface area (Å²) in [5, 5.41) is 3.71. The number of carbonyl (C=O) groups is 2. The number of primary amides is 1. The lowest BCUT2D eigenvalue weighted by Crippen LogP contribution is -2.43. The summed E-state index contributed by atoms with van der Waals surface area (Å²) in [6, 6.07) is 3.42. The summed E-state index contributed by atoms with van der Waals surface area (Å²) in [7, 11) is 0. The van der Waals surface area contributed by atoms with E-state index in [2.05, 4.69) is 32.2 Å². The smallest absolute Gasteiger partial charge is 0.262 e. The highest BCUT2D eigenvalue weighted by molar-refractivity contribution is 7.20. The van der Waals surface area contributed by atoms with Gasteiger partial charge in [0, 0.05) is 11.1 Å². The van der Waals surface area contributed by atoms with Gasteiger partial charge in [0.1, 0.15) is 10.9 Å². The summed E-state index contributed by atoms with van der Waals surface area (Å²) in [5.74, 6) is -0.121. The number of hydrogen-bond donors (Lipinski definition) is 2. The predicted octanol–water partition coefficient (Wildman–Crippen LogP) is 3.44. The van der Waals surface area contributed by atoms with Gasteiger partial charge >= 0.3 is 0 Å². The van der Waals surface area contributed by atoms with Gasteiger partial charge in [0.05, 0.1) is 4.88 Å². The minimum atomic E-state index is -0.638. The summed E-state index contributed by atoms with van der Waals surface area (Å²) in [4.78, 5) is 30.1. The molecule has 0 saturated heterocycles. The first-order chi connectivity index (χ1) is 12.2. The number of hydrogen-bond acceptors (Lipinski definition) is 4. The molecule has 0 saturated carbocycles. The van der Waals surface area contributed by atoms with Gasteiger partial charge in [-0.1, -0.05) is 27.7 Å². The highest BCUT2D eigenvalue weighted by Crippen LogP contribution is 2.38. The number of rotatable bonds is 4. The SMILES string of the molecule is CC[C@H](NC(=O)c1cc2cc3c(nc2s1)CCC(C(C)(C)C)C3)C(N)=O. The zero-order chi connectivity index (χ0) is 19.1. The van der Waals surface area contributed by atoms with Gasteiger partial charge in [0.25, 0.3) is 5.91 Å². The molecule has 0 spiro atoms. The van der Waals surface area contributed by atoms with Crippen molar-refractivity contribution in [2.45, 2.75) is 59.4 Å². The maximum absolute atomic E-state index is 12.5. The average Bonchev–Trinajstić information content (AvgIpc) is 2.98. The lowest BCUT2D eigenvalue weighted by Gasteiger charge is -2.34. The van der Waals surface area contributed by atoms with Crippen LogP contribution < -0.4 is 11.1 Å². The van der Waals surface area contributed by atoms with E-state index in [1.807, 2.05) is 13.0 Å². The van der Waals surface area contributed by atoms with Crippen molar-refractivity contribution in [1.82, 2.24) is 10.3 Å². The van der Waals surface area contributed by atoms with E-state index in [0.29, 0.717) is 17.2 Å². The lowest BCUT2D eigenvalue weighted by atomic mass is 9.71. The van der Waals surface area contributed by atoms with E-state index in [1.165, 1.54) is 16.9 Å². The summed E-state index contributed by atoms with van der Waals surface area (Å²) in [6.45, 7) is 8.71. The number of nitrogens with one attached hydrogen (secondary N) is 1. The molecule has 2 atom stereocenters. The first-order valence-corrected chi connectivity index (χ1v) is 10.0. The Labute approximate surface area is 158 Å². The van der Waals surface area contributed by atoms with Gasteiger partial charge in [-0.05, 0) is 54.7 Å². The number of carbonyl (C=O) groups excluding carboxylic acids is 2. The molecule has 6 heteroatoms. The molecule has 1 unspecified atom stereocenters. The molecule has 0 radical (unpaired) electrons. The topological polar surface area (TPSA) is 85.1 Å². The van der Waals surface area contributed by atoms with E-state index in [4.69, 9.17) is 10.7 Å². The Morgan fingerprint density at radius 3 is 2.73 bits per heavy atom. The molecule has 5 nitrogen and oxygen atoms in total. The van der Waals surface area contributed by atoms with Crippen molar-refractivity contribution < 1.29 is 9.59 Å². The Bertz CT molecular complexity index is 851. The number of pyridine rings is 1. The van der Waals surface area contributed by atoms with Gasteiger partial charge < -0.3 is 11.1 Å². The van der Waals surface area contributed by atoms with Crippen molar-refractivity contribution >= 4 is 33.4 Å². The second kappa shape index (κ2) is 6.99. The average molecular weight is 374 g/mol. The summed E-state index contributed by atoms with van der Waals surface area (Å²) in [6.07, 6.45) is 3.67. The predicted molar refractivity (Wildman–Crippen MR) is 105 cm³/mol. The third-order valence-electron chi connectivity index (χ3n) is 5.38. The van der Waals surface area contributed by atoms with Gasteiger partial charge in [0.15, 0.2) is 0 Å². The summed E-state index contributed by atoms with van der Waals surface area (Å²) < 4.78 is 0. The van der Waals surface area contributed by atoms with Gasteiger partial charge in [-0.3, -0.25) is 9.59 Å². The van der Waals surface area contributed by atoms with Crippen molar-refractivity contribution in [3.63, 3.8) is 0 Å². The van der Waals surface area contributed by atoms with Gasteiger partial charge in [0.2, 0.25) is 5.91 Å². The van der Waals surface area contributed by atoms with Crippen molar-refractivity contribution in [1.29, 1.82) is 0 Å². The fourth-order valence-corrected chi connectivity index (χ4v) is 4.52. The number of aromatic nitrogens is 1. The second-order valence-corrected chi connectivity index (χ2v) is 9.27. The molecule has 1 aliphatic rings. The van der Waals surface area contributed by atoms with Crippen molar-refractivity contribution in [3.8, 4) is 0 Å². The molecular weight excluding hydrogens is 346 g/mol. The molecule has 2 heterocycles. The van der Waals surface area contributed by atoms with E-state index in [9.17, 15) is 9.59 Å². The molecule has 1 aliphatic carbocycles. The number of fused-ring (bicyclic) bond motifs is 2. The molecule has 0 fully saturated rings. The van der Waals surface area contributed by atoms with E-state index < -0.39 is 11.9 Å². The minimum Gasteiger partial charge on any atom is -0.368 e. The zero-order valence-corrected chi connectivity index (χ0v) is 16.7. The minimum absolute atomic E-state index is 0.260.